The molecule has 1 aromatic heterocycles. The van der Waals surface area contributed by atoms with Crippen molar-refractivity contribution >= 4 is 17.5 Å². The molecule has 3 rings (SSSR count). The summed E-state index contributed by atoms with van der Waals surface area (Å²) in [4.78, 5) is 12.6. The molecule has 0 aliphatic heterocycles. The number of nitrogens with zero attached hydrogens (tertiary/aromatic N) is 1. The van der Waals surface area contributed by atoms with E-state index < -0.39 is 0 Å². The molecule has 0 spiro atoms. The fourth-order valence-electron chi connectivity index (χ4n) is 2.73. The zero-order valence-electron chi connectivity index (χ0n) is 12.6. The zero-order chi connectivity index (χ0) is 16.4. The van der Waals surface area contributed by atoms with Crippen LogP contribution in [0.3, 0.4) is 0 Å². The van der Waals surface area contributed by atoms with Crippen LogP contribution in [-0.2, 0) is 0 Å². The Labute approximate surface area is 138 Å². The number of rotatable bonds is 4. The molecule has 5 nitrogen and oxygen atoms in total. The van der Waals surface area contributed by atoms with Crippen molar-refractivity contribution in [1.82, 2.24) is 10.5 Å². The maximum Gasteiger partial charge on any atom is 0.257 e. The monoisotopic (exact) mass is 332 g/mol. The van der Waals surface area contributed by atoms with E-state index in [4.69, 9.17) is 21.2 Å². The van der Waals surface area contributed by atoms with E-state index >= 15 is 0 Å². The second-order valence-electron chi connectivity index (χ2n) is 5.59. The lowest BCUT2D eigenvalue weighted by molar-refractivity contribution is 0.0940. The van der Waals surface area contributed by atoms with E-state index in [1.54, 1.807) is 19.1 Å². The third-order valence-corrected chi connectivity index (χ3v) is 4.27. The molecule has 1 aliphatic rings. The number of hydrogen-bond donors (Lipinski definition) is 2. The summed E-state index contributed by atoms with van der Waals surface area (Å²) in [6.45, 7) is 1.78. The lowest BCUT2D eigenvalue weighted by Crippen LogP contribution is -2.33. The Bertz CT molecular complexity index is 754. The molecular weight excluding hydrogens is 316 g/mol. The molecule has 0 saturated heterocycles. The van der Waals surface area contributed by atoms with Crippen LogP contribution in [0, 0.1) is 12.8 Å². The van der Waals surface area contributed by atoms with Gasteiger partial charge < -0.3 is 14.9 Å². The highest BCUT2D eigenvalue weighted by Gasteiger charge is 2.26. The molecule has 0 radical (unpaired) electrons. The number of hydrogen-bond acceptors (Lipinski definition) is 4. The number of halogens is 1. The van der Waals surface area contributed by atoms with Crippen molar-refractivity contribution in [1.29, 1.82) is 0 Å². The maximum absolute atomic E-state index is 12.6. The van der Waals surface area contributed by atoms with Crippen molar-refractivity contribution in [2.75, 3.05) is 6.61 Å². The van der Waals surface area contributed by atoms with E-state index in [1.165, 1.54) is 0 Å². The van der Waals surface area contributed by atoms with Gasteiger partial charge in [-0.1, -0.05) is 47.1 Å². The van der Waals surface area contributed by atoms with Gasteiger partial charge in [-0.05, 0) is 19.4 Å². The van der Waals surface area contributed by atoms with Gasteiger partial charge in [-0.2, -0.15) is 0 Å². The van der Waals surface area contributed by atoms with Crippen LogP contribution in [0.25, 0.3) is 11.3 Å². The van der Waals surface area contributed by atoms with Crippen LogP contribution in [0.5, 0.6) is 0 Å². The molecule has 23 heavy (non-hydrogen) atoms. The fourth-order valence-corrected chi connectivity index (χ4v) is 2.96. The van der Waals surface area contributed by atoms with E-state index in [0.29, 0.717) is 34.0 Å². The molecule has 6 heteroatoms. The topological polar surface area (TPSA) is 75.4 Å². The molecule has 1 amide bonds. The molecule has 0 bridgehead atoms. The quantitative estimate of drug-likeness (QED) is 0.844. The number of aryl methyl sites for hydroxylation is 1. The summed E-state index contributed by atoms with van der Waals surface area (Å²) >= 11 is 6.20. The predicted octanol–water partition coefficient (Wildman–Crippen LogP) is 2.97. The molecule has 1 aliphatic carbocycles. The van der Waals surface area contributed by atoms with Gasteiger partial charge in [0.15, 0.2) is 0 Å². The highest BCUT2D eigenvalue weighted by atomic mass is 35.5. The van der Waals surface area contributed by atoms with Gasteiger partial charge in [-0.25, -0.2) is 0 Å². The zero-order valence-corrected chi connectivity index (χ0v) is 13.4. The highest BCUT2D eigenvalue weighted by Crippen LogP contribution is 2.31. The number of benzene rings is 1. The summed E-state index contributed by atoms with van der Waals surface area (Å²) in [5.41, 5.74) is 1.48. The number of carbonyl (C=O) groups is 1. The van der Waals surface area contributed by atoms with Gasteiger partial charge in [0, 0.05) is 24.1 Å². The highest BCUT2D eigenvalue weighted by molar-refractivity contribution is 6.33. The van der Waals surface area contributed by atoms with E-state index in [1.807, 2.05) is 24.3 Å². The molecule has 0 saturated carbocycles. The van der Waals surface area contributed by atoms with Gasteiger partial charge in [0.2, 0.25) is 0 Å². The normalized spacial score (nSPS) is 20.0. The average Bonchev–Trinajstić information content (AvgIpc) is 3.14. The van der Waals surface area contributed by atoms with Crippen LogP contribution in [-0.4, -0.2) is 28.8 Å². The molecule has 2 N–H and O–H groups in total. The first-order chi connectivity index (χ1) is 11.1. The number of carbonyl (C=O) groups excluding carboxylic acids is 1. The standard InChI is InChI=1S/C17H17ClN2O3/c1-10-15(17(22)19-12-7-6-11(8-12)9-21)16(20-23-10)13-4-2-3-5-14(13)18/h2-7,11-12,21H,8-9H2,1H3,(H,19,22)/t11-,12+/m0/s1. The van der Waals surface area contributed by atoms with Crippen molar-refractivity contribution in [3.05, 3.63) is 52.8 Å². The summed E-state index contributed by atoms with van der Waals surface area (Å²) in [6, 6.07) is 7.09. The fraction of sp³-hybridized carbons (Fsp3) is 0.294. The number of nitrogens with one attached hydrogen (secondary N) is 1. The Kier molecular flexibility index (Phi) is 4.50. The average molecular weight is 333 g/mol. The van der Waals surface area contributed by atoms with Gasteiger partial charge in [0.05, 0.1) is 5.02 Å². The number of aromatic nitrogens is 1. The van der Waals surface area contributed by atoms with Crippen molar-refractivity contribution in [3.63, 3.8) is 0 Å². The van der Waals surface area contributed by atoms with Crippen LogP contribution >= 0.6 is 11.6 Å². The van der Waals surface area contributed by atoms with Crippen molar-refractivity contribution < 1.29 is 14.4 Å². The van der Waals surface area contributed by atoms with E-state index in [9.17, 15) is 4.79 Å². The van der Waals surface area contributed by atoms with Crippen LogP contribution < -0.4 is 5.32 Å². The molecule has 0 fully saturated rings. The second kappa shape index (κ2) is 6.56. The number of aliphatic hydroxyl groups is 1. The predicted molar refractivity (Wildman–Crippen MR) is 87.3 cm³/mol. The van der Waals surface area contributed by atoms with Crippen molar-refractivity contribution in [3.8, 4) is 11.3 Å². The number of aliphatic hydroxyl groups excluding tert-OH is 1. The molecule has 2 atom stereocenters. The van der Waals surface area contributed by atoms with Crippen LogP contribution in [0.1, 0.15) is 22.5 Å². The molecule has 0 unspecified atom stereocenters. The van der Waals surface area contributed by atoms with E-state index in [0.717, 1.165) is 0 Å². The first-order valence-corrected chi connectivity index (χ1v) is 7.79. The van der Waals surface area contributed by atoms with Gasteiger partial charge in [-0.3, -0.25) is 4.79 Å². The summed E-state index contributed by atoms with van der Waals surface area (Å²) in [7, 11) is 0. The largest absolute Gasteiger partial charge is 0.396 e. The molecule has 2 aromatic rings. The third kappa shape index (κ3) is 3.16. The Morgan fingerprint density at radius 2 is 2.22 bits per heavy atom. The van der Waals surface area contributed by atoms with Gasteiger partial charge in [-0.15, -0.1) is 0 Å². The lowest BCUT2D eigenvalue weighted by Gasteiger charge is -2.13. The summed E-state index contributed by atoms with van der Waals surface area (Å²) in [6.07, 6.45) is 4.51. The maximum atomic E-state index is 12.6. The lowest BCUT2D eigenvalue weighted by atomic mass is 10.0. The third-order valence-electron chi connectivity index (χ3n) is 3.94. The summed E-state index contributed by atoms with van der Waals surface area (Å²) in [5.74, 6) is 0.275. The minimum absolute atomic E-state index is 0.0834. The van der Waals surface area contributed by atoms with Crippen molar-refractivity contribution in [2.24, 2.45) is 5.92 Å². The summed E-state index contributed by atoms with van der Waals surface area (Å²) < 4.78 is 5.21. The van der Waals surface area contributed by atoms with Crippen LogP contribution in [0.15, 0.2) is 40.9 Å². The minimum Gasteiger partial charge on any atom is -0.396 e. The summed E-state index contributed by atoms with van der Waals surface area (Å²) in [5, 5.41) is 16.6. The Hall–Kier alpha value is -2.11. The van der Waals surface area contributed by atoms with E-state index in [-0.39, 0.29) is 24.5 Å². The first-order valence-electron chi connectivity index (χ1n) is 7.41. The molecular formula is C17H17ClN2O3. The van der Waals surface area contributed by atoms with Crippen LogP contribution in [0.2, 0.25) is 5.02 Å². The SMILES string of the molecule is Cc1onc(-c2ccccc2Cl)c1C(=O)N[C@@H]1C=C[C@H](CO)C1. The Balaban J connectivity index is 1.86. The Morgan fingerprint density at radius 3 is 2.91 bits per heavy atom. The Morgan fingerprint density at radius 1 is 1.43 bits per heavy atom. The van der Waals surface area contributed by atoms with E-state index in [2.05, 4.69) is 10.5 Å². The van der Waals surface area contributed by atoms with Crippen molar-refractivity contribution in [2.45, 2.75) is 19.4 Å². The molecule has 1 aromatic carbocycles. The van der Waals surface area contributed by atoms with Crippen LogP contribution in [0.4, 0.5) is 0 Å². The van der Waals surface area contributed by atoms with Gasteiger partial charge in [0.1, 0.15) is 17.0 Å². The first kappa shape index (κ1) is 15.8. The second-order valence-corrected chi connectivity index (χ2v) is 5.99. The molecule has 1 heterocycles. The smallest absolute Gasteiger partial charge is 0.257 e. The minimum atomic E-state index is -0.257. The van der Waals surface area contributed by atoms with Gasteiger partial charge in [0.25, 0.3) is 5.91 Å². The number of amides is 1. The molecule has 120 valence electrons. The van der Waals surface area contributed by atoms with Gasteiger partial charge >= 0.3 is 0 Å².